The van der Waals surface area contributed by atoms with Crippen LogP contribution in [0.15, 0.2) is 0 Å². The molecule has 2 aliphatic rings. The maximum atomic E-state index is 5.66. The van der Waals surface area contributed by atoms with Gasteiger partial charge in [-0.1, -0.05) is 0 Å². The number of hydrogen-bond acceptors (Lipinski definition) is 6. The van der Waals surface area contributed by atoms with Crippen LogP contribution in [0.5, 0.6) is 0 Å². The molecule has 0 aliphatic heterocycles. The first-order chi connectivity index (χ1) is 8.36. The summed E-state index contributed by atoms with van der Waals surface area (Å²) in [5.74, 6) is 0. The van der Waals surface area contributed by atoms with Crippen molar-refractivity contribution in [3.8, 4) is 0 Å². The number of hydrogen-bond donors (Lipinski definition) is 6. The van der Waals surface area contributed by atoms with Gasteiger partial charge in [0.1, 0.15) is 0 Å². The van der Waals surface area contributed by atoms with Gasteiger partial charge in [0, 0.05) is 36.3 Å². The Morgan fingerprint density at radius 3 is 0.458 bits per heavy atom. The average molecular weight is 477 g/mol. The lowest BCUT2D eigenvalue weighted by Gasteiger charge is -2.28. The SMILES string of the molecule is Cl.Cl.Cl.Cl.Cl.Cl.NC1CC(N)CC(N)C1.NC1CC(N)CC(N)C1. The molecular formula is C12H36Cl6N6. The highest BCUT2D eigenvalue weighted by molar-refractivity contribution is 5.86. The maximum absolute atomic E-state index is 5.66. The molecule has 12 N–H and O–H groups in total. The predicted octanol–water partition coefficient (Wildman–Crippen LogP) is 0.835. The Balaban J connectivity index is -0.0000000540. The van der Waals surface area contributed by atoms with Crippen molar-refractivity contribution in [2.24, 2.45) is 34.4 Å². The molecule has 2 rings (SSSR count). The standard InChI is InChI=1S/2C6H15N3.6ClH/c2*7-4-1-5(8)3-6(9)2-4;;;;;;/h2*4-6H,1-3,7-9H2;6*1H. The van der Waals surface area contributed by atoms with Gasteiger partial charge in [0.25, 0.3) is 0 Å². The Morgan fingerprint density at radius 2 is 0.375 bits per heavy atom. The van der Waals surface area contributed by atoms with Crippen LogP contribution in [-0.4, -0.2) is 36.3 Å². The molecule has 2 saturated carbocycles. The van der Waals surface area contributed by atoms with Crippen molar-refractivity contribution in [1.29, 1.82) is 0 Å². The lowest BCUT2D eigenvalue weighted by Crippen LogP contribution is -2.45. The molecule has 0 aromatic heterocycles. The van der Waals surface area contributed by atoms with Crippen LogP contribution in [0.25, 0.3) is 0 Å². The summed E-state index contributed by atoms with van der Waals surface area (Å²) in [6, 6.07) is 1.44. The minimum atomic E-state index is 0. The summed E-state index contributed by atoms with van der Waals surface area (Å²) in [5, 5.41) is 0. The van der Waals surface area contributed by atoms with Gasteiger partial charge in [0.2, 0.25) is 0 Å². The van der Waals surface area contributed by atoms with Crippen molar-refractivity contribution in [3.63, 3.8) is 0 Å². The second-order valence-corrected chi connectivity index (χ2v) is 5.97. The Kier molecular flexibility index (Phi) is 34.9. The fraction of sp³-hybridized carbons (Fsp3) is 1.00. The molecule has 0 spiro atoms. The summed E-state index contributed by atoms with van der Waals surface area (Å²) in [5.41, 5.74) is 33.9. The van der Waals surface area contributed by atoms with E-state index in [-0.39, 0.29) is 111 Å². The van der Waals surface area contributed by atoms with E-state index in [2.05, 4.69) is 0 Å². The van der Waals surface area contributed by atoms with E-state index >= 15 is 0 Å². The van der Waals surface area contributed by atoms with Gasteiger partial charge in [-0.3, -0.25) is 0 Å². The van der Waals surface area contributed by atoms with Crippen molar-refractivity contribution < 1.29 is 0 Å². The highest BCUT2D eigenvalue weighted by atomic mass is 35.5. The lowest BCUT2D eigenvalue weighted by atomic mass is 9.89. The monoisotopic (exact) mass is 474 g/mol. The van der Waals surface area contributed by atoms with E-state index in [1.165, 1.54) is 0 Å². The van der Waals surface area contributed by atoms with E-state index in [1.54, 1.807) is 0 Å². The van der Waals surface area contributed by atoms with Gasteiger partial charge in [-0.05, 0) is 38.5 Å². The third-order valence-electron chi connectivity index (χ3n) is 3.63. The zero-order chi connectivity index (χ0) is 13.7. The number of rotatable bonds is 0. The van der Waals surface area contributed by atoms with Crippen molar-refractivity contribution in [3.05, 3.63) is 0 Å². The molecule has 0 heterocycles. The second-order valence-electron chi connectivity index (χ2n) is 5.97. The topological polar surface area (TPSA) is 156 Å². The van der Waals surface area contributed by atoms with Gasteiger partial charge in [0.15, 0.2) is 0 Å². The van der Waals surface area contributed by atoms with Gasteiger partial charge in [-0.25, -0.2) is 0 Å². The number of nitrogens with two attached hydrogens (primary N) is 6. The van der Waals surface area contributed by atoms with E-state index < -0.39 is 0 Å². The quantitative estimate of drug-likeness (QED) is 0.304. The van der Waals surface area contributed by atoms with Gasteiger partial charge >= 0.3 is 0 Å². The average Bonchev–Trinajstić information content (AvgIpc) is 2.12. The molecule has 12 heteroatoms. The first-order valence-electron chi connectivity index (χ1n) is 6.90. The van der Waals surface area contributed by atoms with Crippen molar-refractivity contribution in [2.75, 3.05) is 0 Å². The smallest absolute Gasteiger partial charge is 0.00683 e. The zero-order valence-corrected chi connectivity index (χ0v) is 18.5. The molecule has 0 unspecified atom stereocenters. The van der Waals surface area contributed by atoms with E-state index in [1.807, 2.05) is 0 Å². The van der Waals surface area contributed by atoms with Gasteiger partial charge < -0.3 is 34.4 Å². The third-order valence-corrected chi connectivity index (χ3v) is 3.63. The largest absolute Gasteiger partial charge is 0.328 e. The predicted molar refractivity (Wildman–Crippen MR) is 119 cm³/mol. The molecule has 0 radical (unpaired) electrons. The third kappa shape index (κ3) is 18.3. The molecule has 0 saturated heterocycles. The molecule has 24 heavy (non-hydrogen) atoms. The maximum Gasteiger partial charge on any atom is 0.00683 e. The first kappa shape index (κ1) is 40.3. The first-order valence-corrected chi connectivity index (χ1v) is 6.90. The molecule has 0 atom stereocenters. The summed E-state index contributed by atoms with van der Waals surface area (Å²) >= 11 is 0. The van der Waals surface area contributed by atoms with Gasteiger partial charge in [-0.2, -0.15) is 0 Å². The second kappa shape index (κ2) is 20.8. The van der Waals surface area contributed by atoms with Gasteiger partial charge in [0.05, 0.1) is 0 Å². The molecule has 6 nitrogen and oxygen atoms in total. The van der Waals surface area contributed by atoms with E-state index in [0.29, 0.717) is 0 Å². The van der Waals surface area contributed by atoms with E-state index in [0.717, 1.165) is 38.5 Å². The van der Waals surface area contributed by atoms with Crippen LogP contribution < -0.4 is 34.4 Å². The summed E-state index contributed by atoms with van der Waals surface area (Å²) in [6.45, 7) is 0. The molecule has 156 valence electrons. The minimum absolute atomic E-state index is 0. The molecule has 2 aliphatic carbocycles. The van der Waals surface area contributed by atoms with Crippen molar-refractivity contribution in [1.82, 2.24) is 0 Å². The fourth-order valence-electron chi connectivity index (χ4n) is 2.91. The fourth-order valence-corrected chi connectivity index (χ4v) is 2.91. The highest BCUT2D eigenvalue weighted by Gasteiger charge is 2.21. The Morgan fingerprint density at radius 1 is 0.292 bits per heavy atom. The van der Waals surface area contributed by atoms with Crippen LogP contribution in [0.4, 0.5) is 0 Å². The molecule has 0 amide bonds. The van der Waals surface area contributed by atoms with Crippen LogP contribution in [0.1, 0.15) is 38.5 Å². The normalized spacial score (nSPS) is 33.8. The van der Waals surface area contributed by atoms with Crippen LogP contribution in [0.2, 0.25) is 0 Å². The Hall–Kier alpha value is 1.50. The van der Waals surface area contributed by atoms with Crippen molar-refractivity contribution in [2.45, 2.75) is 74.8 Å². The molecule has 2 fully saturated rings. The molecule has 0 bridgehead atoms. The molecule has 0 aromatic carbocycles. The van der Waals surface area contributed by atoms with Gasteiger partial charge in [-0.15, -0.1) is 74.4 Å². The van der Waals surface area contributed by atoms with Crippen LogP contribution in [-0.2, 0) is 0 Å². The molecule has 0 aromatic rings. The van der Waals surface area contributed by atoms with E-state index in [9.17, 15) is 0 Å². The lowest BCUT2D eigenvalue weighted by molar-refractivity contribution is 0.351. The summed E-state index contributed by atoms with van der Waals surface area (Å²) in [7, 11) is 0. The summed E-state index contributed by atoms with van der Waals surface area (Å²) in [6.07, 6.45) is 5.63. The summed E-state index contributed by atoms with van der Waals surface area (Å²) in [4.78, 5) is 0. The van der Waals surface area contributed by atoms with Crippen LogP contribution in [0, 0.1) is 0 Å². The summed E-state index contributed by atoms with van der Waals surface area (Å²) < 4.78 is 0. The molecular weight excluding hydrogens is 441 g/mol. The van der Waals surface area contributed by atoms with Crippen molar-refractivity contribution >= 4 is 74.4 Å². The minimum Gasteiger partial charge on any atom is -0.328 e. The van der Waals surface area contributed by atoms with E-state index in [4.69, 9.17) is 34.4 Å². The Bertz CT molecular complexity index is 182. The Labute approximate surface area is 183 Å². The zero-order valence-electron chi connectivity index (χ0n) is 13.6. The van der Waals surface area contributed by atoms with Crippen LogP contribution in [0.3, 0.4) is 0 Å². The number of halogens is 6. The van der Waals surface area contributed by atoms with Crippen LogP contribution >= 0.6 is 74.4 Å². The highest BCUT2D eigenvalue weighted by Crippen LogP contribution is 2.14.